The predicted octanol–water partition coefficient (Wildman–Crippen LogP) is 3.85. The van der Waals surface area contributed by atoms with Gasteiger partial charge in [0.2, 0.25) is 0 Å². The summed E-state index contributed by atoms with van der Waals surface area (Å²) in [6.45, 7) is 0.658. The monoisotopic (exact) mass is 397 g/mol. The molecule has 1 aliphatic heterocycles. The zero-order valence-corrected chi connectivity index (χ0v) is 15.2. The van der Waals surface area contributed by atoms with E-state index in [0.29, 0.717) is 12.2 Å². The van der Waals surface area contributed by atoms with Crippen molar-refractivity contribution in [2.45, 2.75) is 6.42 Å². The largest absolute Gasteiger partial charge is 0.497 e. The Hall–Kier alpha value is -2.60. The number of hydrogen-bond donors (Lipinski definition) is 0. The molecule has 25 heavy (non-hydrogen) atoms. The van der Waals surface area contributed by atoms with Crippen LogP contribution in [0, 0.1) is 0 Å². The zero-order chi connectivity index (χ0) is 17.4. The van der Waals surface area contributed by atoms with Gasteiger partial charge in [-0.05, 0) is 54.4 Å². The number of carbonyl (C=O) groups excluding carboxylic acids is 1. The van der Waals surface area contributed by atoms with Crippen molar-refractivity contribution in [3.63, 3.8) is 0 Å². The Morgan fingerprint density at radius 1 is 1.20 bits per heavy atom. The summed E-state index contributed by atoms with van der Waals surface area (Å²) in [5, 5.41) is 4.45. The molecule has 1 aliphatic rings. The topological polar surface area (TPSA) is 47.4 Å². The zero-order valence-electron chi connectivity index (χ0n) is 13.6. The van der Waals surface area contributed by atoms with Gasteiger partial charge in [-0.3, -0.25) is 4.79 Å². The standard InChI is InChI=1S/C19H16BrN3O2/c1-25-16-5-6-18-13(11-16)7-9-22(18)19(24)17-8-10-23(21-17)15-4-2-3-14(20)12-15/h2-6,8,10-12H,7,9H2,1H3. The molecule has 0 radical (unpaired) electrons. The number of amides is 1. The molecule has 2 aromatic carbocycles. The lowest BCUT2D eigenvalue weighted by Gasteiger charge is -2.16. The maximum atomic E-state index is 12.9. The van der Waals surface area contributed by atoms with Gasteiger partial charge < -0.3 is 9.64 Å². The van der Waals surface area contributed by atoms with Crippen LogP contribution in [0.4, 0.5) is 5.69 Å². The van der Waals surface area contributed by atoms with Crippen LogP contribution in [-0.4, -0.2) is 29.3 Å². The fourth-order valence-corrected chi connectivity index (χ4v) is 3.44. The van der Waals surface area contributed by atoms with E-state index in [1.54, 1.807) is 29.0 Å². The van der Waals surface area contributed by atoms with Gasteiger partial charge in [0.15, 0.2) is 5.69 Å². The normalized spacial score (nSPS) is 13.0. The quantitative estimate of drug-likeness (QED) is 0.674. The Balaban J connectivity index is 1.61. The average molecular weight is 398 g/mol. The predicted molar refractivity (Wildman–Crippen MR) is 99.6 cm³/mol. The van der Waals surface area contributed by atoms with Gasteiger partial charge >= 0.3 is 0 Å². The highest BCUT2D eigenvalue weighted by molar-refractivity contribution is 9.10. The van der Waals surface area contributed by atoms with Crippen molar-refractivity contribution in [2.75, 3.05) is 18.6 Å². The molecule has 1 amide bonds. The van der Waals surface area contributed by atoms with E-state index in [-0.39, 0.29) is 5.91 Å². The second-order valence-electron chi connectivity index (χ2n) is 5.83. The minimum atomic E-state index is -0.0855. The number of methoxy groups -OCH3 is 1. The second kappa shape index (κ2) is 6.37. The van der Waals surface area contributed by atoms with Crippen molar-refractivity contribution in [3.05, 3.63) is 70.5 Å². The average Bonchev–Trinajstić information content (AvgIpc) is 3.28. The molecule has 2 heterocycles. The number of anilines is 1. The Kier molecular flexibility index (Phi) is 4.05. The molecule has 0 saturated heterocycles. The molecule has 3 aromatic rings. The fourth-order valence-electron chi connectivity index (χ4n) is 3.05. The number of benzene rings is 2. The van der Waals surface area contributed by atoms with Crippen LogP contribution in [0.5, 0.6) is 5.75 Å². The highest BCUT2D eigenvalue weighted by Crippen LogP contribution is 2.32. The molecule has 0 bridgehead atoms. The van der Waals surface area contributed by atoms with Crippen molar-refractivity contribution in [2.24, 2.45) is 0 Å². The van der Waals surface area contributed by atoms with E-state index in [1.807, 2.05) is 42.5 Å². The lowest BCUT2D eigenvalue weighted by molar-refractivity contribution is 0.0984. The Morgan fingerprint density at radius 3 is 2.88 bits per heavy atom. The maximum absolute atomic E-state index is 12.9. The first-order chi connectivity index (χ1) is 12.2. The summed E-state index contributed by atoms with van der Waals surface area (Å²) >= 11 is 3.45. The van der Waals surface area contributed by atoms with Crippen LogP contribution in [0.25, 0.3) is 5.69 Å². The number of halogens is 1. The molecule has 5 nitrogen and oxygen atoms in total. The maximum Gasteiger partial charge on any atom is 0.278 e. The van der Waals surface area contributed by atoms with Crippen LogP contribution in [0.15, 0.2) is 59.2 Å². The van der Waals surface area contributed by atoms with Crippen molar-refractivity contribution in [1.29, 1.82) is 0 Å². The molecule has 0 unspecified atom stereocenters. The van der Waals surface area contributed by atoms with Crippen molar-refractivity contribution >= 4 is 27.5 Å². The highest BCUT2D eigenvalue weighted by Gasteiger charge is 2.27. The van der Waals surface area contributed by atoms with Gasteiger partial charge in [0.05, 0.1) is 12.8 Å². The summed E-state index contributed by atoms with van der Waals surface area (Å²) in [6.07, 6.45) is 2.63. The van der Waals surface area contributed by atoms with E-state index in [2.05, 4.69) is 21.0 Å². The molecular formula is C19H16BrN3O2. The first-order valence-electron chi connectivity index (χ1n) is 7.96. The summed E-state index contributed by atoms with van der Waals surface area (Å²) in [5.74, 6) is 0.727. The molecule has 1 aromatic heterocycles. The van der Waals surface area contributed by atoms with Crippen molar-refractivity contribution in [1.82, 2.24) is 9.78 Å². The minimum Gasteiger partial charge on any atom is -0.497 e. The molecule has 4 rings (SSSR count). The number of ether oxygens (including phenoxy) is 1. The fraction of sp³-hybridized carbons (Fsp3) is 0.158. The van der Waals surface area contributed by atoms with Gasteiger partial charge in [-0.25, -0.2) is 4.68 Å². The van der Waals surface area contributed by atoms with E-state index in [9.17, 15) is 4.79 Å². The number of nitrogens with zero attached hydrogens (tertiary/aromatic N) is 3. The van der Waals surface area contributed by atoms with Crippen LogP contribution >= 0.6 is 15.9 Å². The van der Waals surface area contributed by atoms with Gasteiger partial charge in [-0.1, -0.05) is 22.0 Å². The summed E-state index contributed by atoms with van der Waals surface area (Å²) in [4.78, 5) is 14.7. The first-order valence-corrected chi connectivity index (χ1v) is 8.75. The Morgan fingerprint density at radius 2 is 2.08 bits per heavy atom. The summed E-state index contributed by atoms with van der Waals surface area (Å²) < 4.78 is 7.94. The molecule has 0 atom stereocenters. The SMILES string of the molecule is COc1ccc2c(c1)CCN2C(=O)c1ccn(-c2cccc(Br)c2)n1. The van der Waals surface area contributed by atoms with Gasteiger partial charge in [0, 0.05) is 22.9 Å². The molecule has 0 N–H and O–H groups in total. The van der Waals surface area contributed by atoms with Crippen LogP contribution in [0.1, 0.15) is 16.1 Å². The van der Waals surface area contributed by atoms with Crippen molar-refractivity contribution in [3.8, 4) is 11.4 Å². The number of rotatable bonds is 3. The van der Waals surface area contributed by atoms with Crippen LogP contribution in [0.3, 0.4) is 0 Å². The van der Waals surface area contributed by atoms with Crippen LogP contribution < -0.4 is 9.64 Å². The highest BCUT2D eigenvalue weighted by atomic mass is 79.9. The molecular weight excluding hydrogens is 382 g/mol. The van der Waals surface area contributed by atoms with Gasteiger partial charge in [0.1, 0.15) is 5.75 Å². The minimum absolute atomic E-state index is 0.0855. The van der Waals surface area contributed by atoms with E-state index in [0.717, 1.165) is 33.6 Å². The molecule has 0 saturated carbocycles. The summed E-state index contributed by atoms with van der Waals surface area (Å²) in [7, 11) is 1.65. The molecule has 0 aliphatic carbocycles. The van der Waals surface area contributed by atoms with E-state index in [1.165, 1.54) is 0 Å². The molecule has 0 fully saturated rings. The number of aromatic nitrogens is 2. The third-order valence-electron chi connectivity index (χ3n) is 4.31. The van der Waals surface area contributed by atoms with Crippen LogP contribution in [-0.2, 0) is 6.42 Å². The third-order valence-corrected chi connectivity index (χ3v) is 4.80. The van der Waals surface area contributed by atoms with E-state index in [4.69, 9.17) is 4.74 Å². The lowest BCUT2D eigenvalue weighted by atomic mass is 10.1. The van der Waals surface area contributed by atoms with E-state index >= 15 is 0 Å². The third kappa shape index (κ3) is 2.93. The number of fused-ring (bicyclic) bond motifs is 1. The number of hydrogen-bond acceptors (Lipinski definition) is 3. The van der Waals surface area contributed by atoms with Gasteiger partial charge in [-0.2, -0.15) is 5.10 Å². The Labute approximate surface area is 154 Å². The number of carbonyl (C=O) groups is 1. The molecule has 0 spiro atoms. The molecule has 126 valence electrons. The summed E-state index contributed by atoms with van der Waals surface area (Å²) in [5.41, 5.74) is 3.39. The molecule has 6 heteroatoms. The van der Waals surface area contributed by atoms with E-state index < -0.39 is 0 Å². The summed E-state index contributed by atoms with van der Waals surface area (Å²) in [6, 6.07) is 15.4. The lowest BCUT2D eigenvalue weighted by Crippen LogP contribution is -2.29. The second-order valence-corrected chi connectivity index (χ2v) is 6.74. The Bertz CT molecular complexity index is 951. The van der Waals surface area contributed by atoms with Gasteiger partial charge in [0.25, 0.3) is 5.91 Å². The smallest absolute Gasteiger partial charge is 0.278 e. The van der Waals surface area contributed by atoms with Crippen molar-refractivity contribution < 1.29 is 9.53 Å². The van der Waals surface area contributed by atoms with Crippen LogP contribution in [0.2, 0.25) is 0 Å². The van der Waals surface area contributed by atoms with Gasteiger partial charge in [-0.15, -0.1) is 0 Å². The first kappa shape index (κ1) is 15.9.